The van der Waals surface area contributed by atoms with Crippen molar-refractivity contribution in [1.29, 1.82) is 0 Å². The minimum atomic E-state index is 0.223. The smallest absolute Gasteiger partial charge is 0.226 e. The second kappa shape index (κ2) is 4.91. The molecule has 6 heteroatoms. The van der Waals surface area contributed by atoms with Crippen molar-refractivity contribution in [2.75, 3.05) is 32.7 Å². The first-order valence-electron chi connectivity index (χ1n) is 6.09. The summed E-state index contributed by atoms with van der Waals surface area (Å²) in [6, 6.07) is 0. The third-order valence-electron chi connectivity index (χ3n) is 3.62. The number of rotatable bonds is 3. The normalized spacial score (nSPS) is 30.4. The van der Waals surface area contributed by atoms with Crippen molar-refractivity contribution in [3.05, 3.63) is 0 Å². The predicted octanol–water partition coefficient (Wildman–Crippen LogP) is -0.467. The van der Waals surface area contributed by atoms with E-state index in [4.69, 9.17) is 10.9 Å². The molecule has 1 saturated carbocycles. The molecule has 1 saturated heterocycles. The monoisotopic (exact) mass is 240 g/mol. The first-order chi connectivity index (χ1) is 8.11. The molecule has 0 aromatic rings. The van der Waals surface area contributed by atoms with Crippen LogP contribution < -0.4 is 5.73 Å². The van der Waals surface area contributed by atoms with Crippen molar-refractivity contribution < 1.29 is 10.0 Å². The lowest BCUT2D eigenvalue weighted by atomic mass is 10.2. The van der Waals surface area contributed by atoms with E-state index in [0.717, 1.165) is 32.6 Å². The van der Waals surface area contributed by atoms with Gasteiger partial charge in [-0.1, -0.05) is 12.1 Å². The van der Waals surface area contributed by atoms with Crippen molar-refractivity contribution in [2.24, 2.45) is 22.7 Å². The van der Waals surface area contributed by atoms with Crippen LogP contribution in [0.1, 0.15) is 13.3 Å². The van der Waals surface area contributed by atoms with Gasteiger partial charge >= 0.3 is 0 Å². The Morgan fingerprint density at radius 3 is 2.47 bits per heavy atom. The maximum absolute atomic E-state index is 12.0. The largest absolute Gasteiger partial charge is 0.409 e. The first-order valence-corrected chi connectivity index (χ1v) is 6.09. The molecule has 1 aliphatic heterocycles. The summed E-state index contributed by atoms with van der Waals surface area (Å²) < 4.78 is 0. The first kappa shape index (κ1) is 12.2. The molecule has 2 fully saturated rings. The van der Waals surface area contributed by atoms with Crippen LogP contribution in [-0.2, 0) is 4.79 Å². The van der Waals surface area contributed by atoms with Gasteiger partial charge in [0.25, 0.3) is 0 Å². The SMILES string of the molecule is CC1CC1C(=O)N1CCN(CC(N)=NO)CC1. The highest BCUT2D eigenvalue weighted by Crippen LogP contribution is 2.39. The molecule has 1 heterocycles. The third kappa shape index (κ3) is 2.88. The highest BCUT2D eigenvalue weighted by atomic mass is 16.4. The van der Waals surface area contributed by atoms with Gasteiger partial charge in [0, 0.05) is 32.1 Å². The number of nitrogens with zero attached hydrogens (tertiary/aromatic N) is 3. The van der Waals surface area contributed by atoms with Crippen LogP contribution in [0, 0.1) is 11.8 Å². The molecular formula is C11H20N4O2. The Hall–Kier alpha value is -1.30. The predicted molar refractivity (Wildman–Crippen MR) is 63.7 cm³/mol. The van der Waals surface area contributed by atoms with Gasteiger partial charge in [-0.15, -0.1) is 0 Å². The Balaban J connectivity index is 1.76. The van der Waals surface area contributed by atoms with Crippen molar-refractivity contribution in [1.82, 2.24) is 9.80 Å². The molecule has 6 nitrogen and oxygen atoms in total. The number of amidine groups is 1. The number of hydrogen-bond donors (Lipinski definition) is 2. The second-order valence-electron chi connectivity index (χ2n) is 5.01. The zero-order chi connectivity index (χ0) is 12.4. The molecule has 17 heavy (non-hydrogen) atoms. The summed E-state index contributed by atoms with van der Waals surface area (Å²) in [5, 5.41) is 11.4. The van der Waals surface area contributed by atoms with Crippen LogP contribution in [0.25, 0.3) is 0 Å². The Kier molecular flexibility index (Phi) is 3.51. The van der Waals surface area contributed by atoms with E-state index >= 15 is 0 Å². The average Bonchev–Trinajstić information content (AvgIpc) is 3.06. The van der Waals surface area contributed by atoms with E-state index in [-0.39, 0.29) is 11.8 Å². The molecule has 2 atom stereocenters. The van der Waals surface area contributed by atoms with Crippen LogP contribution >= 0.6 is 0 Å². The minimum absolute atomic E-state index is 0.223. The number of carbonyl (C=O) groups excluding carboxylic acids is 1. The average molecular weight is 240 g/mol. The third-order valence-corrected chi connectivity index (χ3v) is 3.62. The summed E-state index contributed by atoms with van der Waals surface area (Å²) in [6.45, 7) is 5.68. The van der Waals surface area contributed by atoms with Gasteiger partial charge in [-0.3, -0.25) is 9.69 Å². The summed E-state index contributed by atoms with van der Waals surface area (Å²) in [4.78, 5) is 16.0. The van der Waals surface area contributed by atoms with E-state index in [1.54, 1.807) is 0 Å². The molecule has 0 aromatic carbocycles. The van der Waals surface area contributed by atoms with Crippen LogP contribution in [0.3, 0.4) is 0 Å². The molecule has 3 N–H and O–H groups in total. The number of oxime groups is 1. The fourth-order valence-electron chi connectivity index (χ4n) is 2.29. The molecule has 0 radical (unpaired) electrons. The lowest BCUT2D eigenvalue weighted by molar-refractivity contribution is -0.134. The summed E-state index contributed by atoms with van der Waals surface area (Å²) in [6.07, 6.45) is 1.04. The number of amides is 1. The number of carbonyl (C=O) groups is 1. The quantitative estimate of drug-likeness (QED) is 0.302. The fourth-order valence-corrected chi connectivity index (χ4v) is 2.29. The molecule has 1 aliphatic carbocycles. The molecule has 2 aliphatic rings. The summed E-state index contributed by atoms with van der Waals surface area (Å²) in [7, 11) is 0. The number of nitrogens with two attached hydrogens (primary N) is 1. The van der Waals surface area contributed by atoms with Crippen LogP contribution in [0.4, 0.5) is 0 Å². The molecule has 2 unspecified atom stereocenters. The van der Waals surface area contributed by atoms with Crippen LogP contribution in [0.2, 0.25) is 0 Å². The van der Waals surface area contributed by atoms with Crippen LogP contribution in [0.15, 0.2) is 5.16 Å². The van der Waals surface area contributed by atoms with Gasteiger partial charge in [0.1, 0.15) is 0 Å². The minimum Gasteiger partial charge on any atom is -0.409 e. The molecule has 0 spiro atoms. The van der Waals surface area contributed by atoms with Gasteiger partial charge < -0.3 is 15.8 Å². The lowest BCUT2D eigenvalue weighted by Crippen LogP contribution is -2.51. The highest BCUT2D eigenvalue weighted by molar-refractivity contribution is 5.82. The van der Waals surface area contributed by atoms with Gasteiger partial charge in [-0.25, -0.2) is 0 Å². The molecule has 0 bridgehead atoms. The Bertz CT molecular complexity index is 323. The molecule has 2 rings (SSSR count). The number of piperazine rings is 1. The molecule has 1 amide bonds. The van der Waals surface area contributed by atoms with Crippen molar-refractivity contribution in [2.45, 2.75) is 13.3 Å². The maximum atomic E-state index is 12.0. The van der Waals surface area contributed by atoms with Crippen LogP contribution in [-0.4, -0.2) is 59.5 Å². The Morgan fingerprint density at radius 2 is 2.00 bits per heavy atom. The zero-order valence-electron chi connectivity index (χ0n) is 10.2. The zero-order valence-corrected chi connectivity index (χ0v) is 10.2. The van der Waals surface area contributed by atoms with E-state index in [1.807, 2.05) is 4.90 Å². The highest BCUT2D eigenvalue weighted by Gasteiger charge is 2.41. The van der Waals surface area contributed by atoms with Crippen molar-refractivity contribution >= 4 is 11.7 Å². The Labute approximate surface area is 101 Å². The number of hydrogen-bond acceptors (Lipinski definition) is 4. The van der Waals surface area contributed by atoms with E-state index in [9.17, 15) is 4.79 Å². The van der Waals surface area contributed by atoms with Crippen molar-refractivity contribution in [3.8, 4) is 0 Å². The molecular weight excluding hydrogens is 220 g/mol. The summed E-state index contributed by atoms with van der Waals surface area (Å²) in [5.74, 6) is 1.37. The maximum Gasteiger partial charge on any atom is 0.226 e. The second-order valence-corrected chi connectivity index (χ2v) is 5.01. The fraction of sp³-hybridized carbons (Fsp3) is 0.818. The van der Waals surface area contributed by atoms with Crippen molar-refractivity contribution in [3.63, 3.8) is 0 Å². The topological polar surface area (TPSA) is 82.2 Å². The lowest BCUT2D eigenvalue weighted by Gasteiger charge is -2.34. The standard InChI is InChI=1S/C11H20N4O2/c1-8-6-9(8)11(16)15-4-2-14(3-5-15)7-10(12)13-17/h8-9,17H,2-7H2,1H3,(H2,12,13). The van der Waals surface area contributed by atoms with Gasteiger partial charge in [0.15, 0.2) is 5.84 Å². The molecule has 0 aromatic heterocycles. The Morgan fingerprint density at radius 1 is 1.41 bits per heavy atom. The van der Waals surface area contributed by atoms with Gasteiger partial charge in [0.2, 0.25) is 5.91 Å². The summed E-state index contributed by atoms with van der Waals surface area (Å²) >= 11 is 0. The van der Waals surface area contributed by atoms with Gasteiger partial charge in [0.05, 0.1) is 6.54 Å². The van der Waals surface area contributed by atoms with E-state index in [1.165, 1.54) is 0 Å². The summed E-state index contributed by atoms with van der Waals surface area (Å²) in [5.41, 5.74) is 5.45. The van der Waals surface area contributed by atoms with E-state index < -0.39 is 0 Å². The van der Waals surface area contributed by atoms with Gasteiger partial charge in [-0.2, -0.15) is 0 Å². The molecule has 96 valence electrons. The van der Waals surface area contributed by atoms with Gasteiger partial charge in [-0.05, 0) is 12.3 Å². The van der Waals surface area contributed by atoms with E-state index in [0.29, 0.717) is 18.4 Å². The van der Waals surface area contributed by atoms with E-state index in [2.05, 4.69) is 17.0 Å². The van der Waals surface area contributed by atoms with Crippen LogP contribution in [0.5, 0.6) is 0 Å².